The van der Waals surface area contributed by atoms with Crippen molar-refractivity contribution in [2.24, 2.45) is 5.73 Å². The van der Waals surface area contributed by atoms with Crippen molar-refractivity contribution in [1.29, 1.82) is 0 Å². The van der Waals surface area contributed by atoms with Gasteiger partial charge < -0.3 is 10.5 Å². The zero-order valence-electron chi connectivity index (χ0n) is 10.6. The molecule has 1 aromatic heterocycles. The van der Waals surface area contributed by atoms with Crippen LogP contribution in [-0.4, -0.2) is 41.6 Å². The molecule has 1 unspecified atom stereocenters. The highest BCUT2D eigenvalue weighted by Crippen LogP contribution is 2.16. The third-order valence-electron chi connectivity index (χ3n) is 2.93. The van der Waals surface area contributed by atoms with E-state index in [2.05, 4.69) is 9.88 Å². The van der Waals surface area contributed by atoms with E-state index in [-0.39, 0.29) is 12.0 Å². The molecular weight excluding hydrogens is 250 g/mol. The van der Waals surface area contributed by atoms with Gasteiger partial charge in [0.15, 0.2) is 0 Å². The molecule has 6 heteroatoms. The third-order valence-corrected chi connectivity index (χ3v) is 3.80. The molecule has 1 fully saturated rings. The van der Waals surface area contributed by atoms with Crippen molar-refractivity contribution >= 4 is 17.3 Å². The van der Waals surface area contributed by atoms with E-state index in [1.54, 1.807) is 6.92 Å². The van der Waals surface area contributed by atoms with Gasteiger partial charge in [-0.05, 0) is 26.3 Å². The standard InChI is InChI=1S/C12H19N3O2S/c1-2-17-12(16)11-14-10(8-18-11)7-15-5-3-4-9(13)6-15/h8-9H,2-7,13H2,1H3. The number of likely N-dealkylation sites (tertiary alicyclic amines) is 1. The zero-order valence-corrected chi connectivity index (χ0v) is 11.4. The second kappa shape index (κ2) is 6.26. The number of carbonyl (C=O) groups excluding carboxylic acids is 1. The van der Waals surface area contributed by atoms with Crippen molar-refractivity contribution in [3.63, 3.8) is 0 Å². The fraction of sp³-hybridized carbons (Fsp3) is 0.667. The lowest BCUT2D eigenvalue weighted by atomic mass is 10.1. The van der Waals surface area contributed by atoms with Crippen molar-refractivity contribution < 1.29 is 9.53 Å². The average Bonchev–Trinajstić information content (AvgIpc) is 2.78. The Morgan fingerprint density at radius 2 is 2.56 bits per heavy atom. The van der Waals surface area contributed by atoms with Crippen LogP contribution in [-0.2, 0) is 11.3 Å². The van der Waals surface area contributed by atoms with Gasteiger partial charge in [0, 0.05) is 24.5 Å². The molecule has 0 radical (unpaired) electrons. The molecule has 2 rings (SSSR count). The molecule has 2 N–H and O–H groups in total. The first kappa shape index (κ1) is 13.5. The number of carbonyl (C=O) groups is 1. The predicted octanol–water partition coefficient (Wildman–Crippen LogP) is 1.24. The van der Waals surface area contributed by atoms with Crippen LogP contribution in [0.5, 0.6) is 0 Å². The molecule has 0 spiro atoms. The molecule has 100 valence electrons. The van der Waals surface area contributed by atoms with E-state index in [1.807, 2.05) is 5.38 Å². The number of nitrogens with zero attached hydrogens (tertiary/aromatic N) is 2. The van der Waals surface area contributed by atoms with Gasteiger partial charge in [-0.25, -0.2) is 9.78 Å². The second-order valence-corrected chi connectivity index (χ2v) is 5.36. The number of ether oxygens (including phenoxy) is 1. The van der Waals surface area contributed by atoms with Crippen LogP contribution in [0.15, 0.2) is 5.38 Å². The summed E-state index contributed by atoms with van der Waals surface area (Å²) in [5.74, 6) is -0.330. The molecule has 5 nitrogen and oxygen atoms in total. The topological polar surface area (TPSA) is 68.5 Å². The highest BCUT2D eigenvalue weighted by Gasteiger charge is 2.18. The summed E-state index contributed by atoms with van der Waals surface area (Å²) in [6, 6.07) is 0.266. The Morgan fingerprint density at radius 3 is 3.28 bits per heavy atom. The molecule has 1 saturated heterocycles. The average molecular weight is 269 g/mol. The number of hydrogen-bond donors (Lipinski definition) is 1. The van der Waals surface area contributed by atoms with Crippen LogP contribution in [0.3, 0.4) is 0 Å². The summed E-state index contributed by atoms with van der Waals surface area (Å²) in [6.45, 7) is 4.91. The smallest absolute Gasteiger partial charge is 0.367 e. The number of hydrogen-bond acceptors (Lipinski definition) is 6. The highest BCUT2D eigenvalue weighted by atomic mass is 32.1. The molecule has 1 aliphatic heterocycles. The molecule has 1 aliphatic rings. The molecule has 18 heavy (non-hydrogen) atoms. The number of piperidine rings is 1. The van der Waals surface area contributed by atoms with Gasteiger partial charge in [-0.2, -0.15) is 0 Å². The molecular formula is C12H19N3O2S. The quantitative estimate of drug-likeness (QED) is 0.833. The first-order chi connectivity index (χ1) is 8.69. The predicted molar refractivity (Wildman–Crippen MR) is 70.6 cm³/mol. The van der Waals surface area contributed by atoms with E-state index in [0.29, 0.717) is 11.6 Å². The zero-order chi connectivity index (χ0) is 13.0. The van der Waals surface area contributed by atoms with E-state index < -0.39 is 0 Å². The molecule has 0 aromatic carbocycles. The van der Waals surface area contributed by atoms with Crippen LogP contribution in [0.1, 0.15) is 35.3 Å². The summed E-state index contributed by atoms with van der Waals surface area (Å²) in [7, 11) is 0. The monoisotopic (exact) mass is 269 g/mol. The van der Waals surface area contributed by atoms with Crippen LogP contribution < -0.4 is 5.73 Å². The molecule has 1 atom stereocenters. The summed E-state index contributed by atoms with van der Waals surface area (Å²) in [5.41, 5.74) is 6.87. The molecule has 2 heterocycles. The second-order valence-electron chi connectivity index (χ2n) is 4.50. The maximum atomic E-state index is 11.5. The molecule has 0 amide bonds. The Kier molecular flexibility index (Phi) is 4.68. The highest BCUT2D eigenvalue weighted by molar-refractivity contribution is 7.11. The minimum atomic E-state index is -0.330. The summed E-state index contributed by atoms with van der Waals surface area (Å²) >= 11 is 1.34. The number of esters is 1. The van der Waals surface area contributed by atoms with Gasteiger partial charge in [0.25, 0.3) is 0 Å². The van der Waals surface area contributed by atoms with Crippen molar-refractivity contribution in [2.45, 2.75) is 32.4 Å². The van der Waals surface area contributed by atoms with Gasteiger partial charge in [-0.15, -0.1) is 11.3 Å². The van der Waals surface area contributed by atoms with Crippen molar-refractivity contribution in [3.8, 4) is 0 Å². The van der Waals surface area contributed by atoms with E-state index in [0.717, 1.165) is 38.2 Å². The lowest BCUT2D eigenvalue weighted by molar-refractivity contribution is 0.0525. The van der Waals surface area contributed by atoms with Gasteiger partial charge in [-0.1, -0.05) is 0 Å². The maximum absolute atomic E-state index is 11.5. The van der Waals surface area contributed by atoms with E-state index in [4.69, 9.17) is 10.5 Å². The van der Waals surface area contributed by atoms with E-state index in [9.17, 15) is 4.79 Å². The Hall–Kier alpha value is -0.980. The summed E-state index contributed by atoms with van der Waals surface area (Å²) in [6.07, 6.45) is 2.23. The van der Waals surface area contributed by atoms with Crippen LogP contribution in [0.25, 0.3) is 0 Å². The van der Waals surface area contributed by atoms with Crippen LogP contribution in [0.4, 0.5) is 0 Å². The largest absolute Gasteiger partial charge is 0.461 e. The Labute approximate surface area is 111 Å². The maximum Gasteiger partial charge on any atom is 0.367 e. The number of aromatic nitrogens is 1. The first-order valence-corrected chi connectivity index (χ1v) is 7.16. The number of nitrogens with two attached hydrogens (primary N) is 1. The van der Waals surface area contributed by atoms with Gasteiger partial charge in [-0.3, -0.25) is 4.90 Å². The minimum Gasteiger partial charge on any atom is -0.461 e. The van der Waals surface area contributed by atoms with Gasteiger partial charge in [0.2, 0.25) is 5.01 Å². The Balaban J connectivity index is 1.91. The molecule has 0 bridgehead atoms. The first-order valence-electron chi connectivity index (χ1n) is 6.28. The lowest BCUT2D eigenvalue weighted by Crippen LogP contribution is -2.42. The van der Waals surface area contributed by atoms with Crippen molar-refractivity contribution in [2.75, 3.05) is 19.7 Å². The van der Waals surface area contributed by atoms with Crippen LogP contribution in [0, 0.1) is 0 Å². The molecule has 0 saturated carbocycles. The molecule has 0 aliphatic carbocycles. The SMILES string of the molecule is CCOC(=O)c1nc(CN2CCCC(N)C2)cs1. The van der Waals surface area contributed by atoms with Gasteiger partial charge >= 0.3 is 5.97 Å². The minimum absolute atomic E-state index is 0.266. The van der Waals surface area contributed by atoms with E-state index in [1.165, 1.54) is 11.3 Å². The third kappa shape index (κ3) is 3.51. The summed E-state index contributed by atoms with van der Waals surface area (Å²) < 4.78 is 4.92. The fourth-order valence-corrected chi connectivity index (χ4v) is 2.83. The summed E-state index contributed by atoms with van der Waals surface area (Å²) in [5, 5.41) is 2.36. The number of thiazole rings is 1. The normalized spacial score (nSPS) is 20.9. The number of rotatable bonds is 4. The van der Waals surface area contributed by atoms with Gasteiger partial charge in [0.05, 0.1) is 12.3 Å². The van der Waals surface area contributed by atoms with Crippen LogP contribution >= 0.6 is 11.3 Å². The fourth-order valence-electron chi connectivity index (χ4n) is 2.13. The van der Waals surface area contributed by atoms with E-state index >= 15 is 0 Å². The van der Waals surface area contributed by atoms with Crippen molar-refractivity contribution in [1.82, 2.24) is 9.88 Å². The Morgan fingerprint density at radius 1 is 1.72 bits per heavy atom. The summed E-state index contributed by atoms with van der Waals surface area (Å²) in [4.78, 5) is 18.1. The van der Waals surface area contributed by atoms with Crippen molar-refractivity contribution in [3.05, 3.63) is 16.1 Å². The van der Waals surface area contributed by atoms with Crippen LogP contribution in [0.2, 0.25) is 0 Å². The van der Waals surface area contributed by atoms with Gasteiger partial charge in [0.1, 0.15) is 0 Å². The lowest BCUT2D eigenvalue weighted by Gasteiger charge is -2.29. The Bertz CT molecular complexity index is 408. The molecule has 1 aromatic rings.